The Kier molecular flexibility index (Phi) is 6.46. The monoisotopic (exact) mass is 378 g/mol. The maximum atomic E-state index is 12.3. The van der Waals surface area contributed by atoms with Crippen molar-refractivity contribution >= 4 is 11.6 Å². The van der Waals surface area contributed by atoms with Crippen molar-refractivity contribution in [1.82, 2.24) is 4.98 Å². The van der Waals surface area contributed by atoms with Crippen LogP contribution in [0.4, 0.5) is 5.69 Å². The molecule has 0 saturated heterocycles. The number of carbonyl (C=O) groups is 1. The van der Waals surface area contributed by atoms with Crippen LogP contribution < -0.4 is 19.5 Å². The second kappa shape index (κ2) is 9.41. The maximum Gasteiger partial charge on any atom is 0.224 e. The van der Waals surface area contributed by atoms with Crippen LogP contribution in [0.25, 0.3) is 0 Å². The molecule has 3 rings (SSSR count). The molecule has 144 valence electrons. The molecule has 6 heteroatoms. The first-order chi connectivity index (χ1) is 13.7. The summed E-state index contributed by atoms with van der Waals surface area (Å²) in [7, 11) is 3.22. The quantitative estimate of drug-likeness (QED) is 0.627. The molecule has 0 bridgehead atoms. The summed E-state index contributed by atoms with van der Waals surface area (Å²) in [5.74, 6) is 2.80. The van der Waals surface area contributed by atoms with E-state index in [0.717, 1.165) is 17.1 Å². The first kappa shape index (κ1) is 19.2. The average Bonchev–Trinajstić information content (AvgIpc) is 2.74. The summed E-state index contributed by atoms with van der Waals surface area (Å²) in [6, 6.07) is 16.3. The number of anilines is 1. The number of nitrogens with one attached hydrogen (secondary N) is 1. The van der Waals surface area contributed by atoms with Crippen LogP contribution in [0.1, 0.15) is 12.0 Å². The van der Waals surface area contributed by atoms with E-state index in [9.17, 15) is 4.79 Å². The second-order valence-corrected chi connectivity index (χ2v) is 6.04. The Balaban J connectivity index is 1.55. The lowest BCUT2D eigenvalue weighted by atomic mass is 10.1. The Morgan fingerprint density at radius 3 is 2.25 bits per heavy atom. The van der Waals surface area contributed by atoms with Gasteiger partial charge < -0.3 is 19.5 Å². The lowest BCUT2D eigenvalue weighted by Gasteiger charge is -2.11. The number of methoxy groups -OCH3 is 2. The normalized spacial score (nSPS) is 10.2. The fourth-order valence-corrected chi connectivity index (χ4v) is 2.70. The Bertz CT molecular complexity index is 912. The number of hydrogen-bond acceptors (Lipinski definition) is 5. The number of benzene rings is 2. The molecule has 0 atom stereocenters. The number of amides is 1. The van der Waals surface area contributed by atoms with E-state index in [1.54, 1.807) is 63.0 Å². The molecule has 0 saturated carbocycles. The molecule has 0 radical (unpaired) electrons. The van der Waals surface area contributed by atoms with Crippen molar-refractivity contribution in [2.75, 3.05) is 19.5 Å². The van der Waals surface area contributed by atoms with Gasteiger partial charge in [-0.1, -0.05) is 0 Å². The SMILES string of the molecule is COc1ccc(OC)c(CCC(=O)Nc2ccc(Oc3ccncc3)cc2)c1. The zero-order chi connectivity index (χ0) is 19.8. The van der Waals surface area contributed by atoms with E-state index < -0.39 is 0 Å². The van der Waals surface area contributed by atoms with Crippen molar-refractivity contribution in [3.8, 4) is 23.0 Å². The second-order valence-electron chi connectivity index (χ2n) is 6.04. The van der Waals surface area contributed by atoms with Crippen molar-refractivity contribution in [2.24, 2.45) is 0 Å². The summed E-state index contributed by atoms with van der Waals surface area (Å²) in [6.45, 7) is 0. The fraction of sp³-hybridized carbons (Fsp3) is 0.182. The molecule has 6 nitrogen and oxygen atoms in total. The van der Waals surface area contributed by atoms with Crippen LogP contribution in [0.5, 0.6) is 23.0 Å². The van der Waals surface area contributed by atoms with E-state index in [1.807, 2.05) is 18.2 Å². The van der Waals surface area contributed by atoms with Crippen LogP contribution in [0.15, 0.2) is 67.0 Å². The fourth-order valence-electron chi connectivity index (χ4n) is 2.70. The van der Waals surface area contributed by atoms with E-state index in [4.69, 9.17) is 14.2 Å². The average molecular weight is 378 g/mol. The van der Waals surface area contributed by atoms with E-state index in [2.05, 4.69) is 10.3 Å². The van der Waals surface area contributed by atoms with Crippen LogP contribution >= 0.6 is 0 Å². The third-order valence-electron chi connectivity index (χ3n) is 4.13. The minimum atomic E-state index is -0.0762. The number of aromatic nitrogens is 1. The summed E-state index contributed by atoms with van der Waals surface area (Å²) in [5.41, 5.74) is 1.64. The summed E-state index contributed by atoms with van der Waals surface area (Å²) in [4.78, 5) is 16.2. The molecule has 0 spiro atoms. The molecule has 1 aromatic heterocycles. The molecule has 1 heterocycles. The number of pyridine rings is 1. The topological polar surface area (TPSA) is 69.7 Å². The zero-order valence-electron chi connectivity index (χ0n) is 15.8. The lowest BCUT2D eigenvalue weighted by molar-refractivity contribution is -0.116. The van der Waals surface area contributed by atoms with Crippen molar-refractivity contribution < 1.29 is 19.0 Å². The van der Waals surface area contributed by atoms with Crippen molar-refractivity contribution in [1.29, 1.82) is 0 Å². The molecule has 0 unspecified atom stereocenters. The van der Waals surface area contributed by atoms with Crippen LogP contribution in [-0.4, -0.2) is 25.1 Å². The van der Waals surface area contributed by atoms with Gasteiger partial charge in [0.05, 0.1) is 14.2 Å². The molecular weight excluding hydrogens is 356 g/mol. The number of aryl methyl sites for hydroxylation is 1. The van der Waals surface area contributed by atoms with Gasteiger partial charge >= 0.3 is 0 Å². The molecule has 0 aliphatic rings. The van der Waals surface area contributed by atoms with E-state index in [0.29, 0.717) is 30.0 Å². The zero-order valence-corrected chi connectivity index (χ0v) is 15.8. The Labute approximate surface area is 164 Å². The summed E-state index contributed by atoms with van der Waals surface area (Å²) >= 11 is 0. The van der Waals surface area contributed by atoms with Crippen LogP contribution in [0.2, 0.25) is 0 Å². The number of carbonyl (C=O) groups excluding carboxylic acids is 1. The third kappa shape index (κ3) is 5.23. The third-order valence-corrected chi connectivity index (χ3v) is 4.13. The molecule has 0 aliphatic heterocycles. The minimum absolute atomic E-state index is 0.0762. The van der Waals surface area contributed by atoms with Gasteiger partial charge in [-0.3, -0.25) is 9.78 Å². The van der Waals surface area contributed by atoms with Crippen LogP contribution in [-0.2, 0) is 11.2 Å². The van der Waals surface area contributed by atoms with Gasteiger partial charge in [0.15, 0.2) is 0 Å². The molecular formula is C22H22N2O4. The maximum absolute atomic E-state index is 12.3. The molecule has 1 N–H and O–H groups in total. The summed E-state index contributed by atoms with van der Waals surface area (Å²) < 4.78 is 16.3. The van der Waals surface area contributed by atoms with Crippen molar-refractivity contribution in [3.63, 3.8) is 0 Å². The largest absolute Gasteiger partial charge is 0.497 e. The number of ether oxygens (including phenoxy) is 3. The Morgan fingerprint density at radius 2 is 1.57 bits per heavy atom. The van der Waals surface area contributed by atoms with Gasteiger partial charge in [0.2, 0.25) is 5.91 Å². The smallest absolute Gasteiger partial charge is 0.224 e. The highest BCUT2D eigenvalue weighted by molar-refractivity contribution is 5.90. The van der Waals surface area contributed by atoms with Crippen molar-refractivity contribution in [2.45, 2.75) is 12.8 Å². The van der Waals surface area contributed by atoms with Crippen LogP contribution in [0.3, 0.4) is 0 Å². The van der Waals surface area contributed by atoms with Gasteiger partial charge in [0.25, 0.3) is 0 Å². The van der Waals surface area contributed by atoms with Gasteiger partial charge in [-0.25, -0.2) is 0 Å². The van der Waals surface area contributed by atoms with Gasteiger partial charge in [0.1, 0.15) is 23.0 Å². The molecule has 3 aromatic rings. The Hall–Kier alpha value is -3.54. The molecule has 1 amide bonds. The van der Waals surface area contributed by atoms with Crippen LogP contribution in [0, 0.1) is 0 Å². The van der Waals surface area contributed by atoms with E-state index in [-0.39, 0.29) is 5.91 Å². The van der Waals surface area contributed by atoms with E-state index in [1.165, 1.54) is 0 Å². The predicted octanol–water partition coefficient (Wildman–Crippen LogP) is 4.46. The minimum Gasteiger partial charge on any atom is -0.497 e. The highest BCUT2D eigenvalue weighted by Crippen LogP contribution is 2.26. The predicted molar refractivity (Wildman–Crippen MR) is 107 cm³/mol. The molecule has 0 fully saturated rings. The van der Waals surface area contributed by atoms with Gasteiger partial charge in [0, 0.05) is 24.5 Å². The highest BCUT2D eigenvalue weighted by Gasteiger charge is 2.09. The standard InChI is InChI=1S/C22H22N2O4/c1-26-20-8-9-21(27-2)16(15-20)3-10-22(25)24-17-4-6-18(7-5-17)28-19-11-13-23-14-12-19/h4-9,11-15H,3,10H2,1-2H3,(H,24,25). The first-order valence-electron chi connectivity index (χ1n) is 8.86. The lowest BCUT2D eigenvalue weighted by Crippen LogP contribution is -2.12. The molecule has 0 aliphatic carbocycles. The van der Waals surface area contributed by atoms with Gasteiger partial charge in [-0.05, 0) is 66.6 Å². The number of nitrogens with zero attached hydrogens (tertiary/aromatic N) is 1. The van der Waals surface area contributed by atoms with Gasteiger partial charge in [-0.15, -0.1) is 0 Å². The summed E-state index contributed by atoms with van der Waals surface area (Å²) in [5, 5.41) is 2.89. The highest BCUT2D eigenvalue weighted by atomic mass is 16.5. The molecule has 28 heavy (non-hydrogen) atoms. The van der Waals surface area contributed by atoms with E-state index >= 15 is 0 Å². The first-order valence-corrected chi connectivity index (χ1v) is 8.86. The number of hydrogen-bond donors (Lipinski definition) is 1. The molecule has 2 aromatic carbocycles. The van der Waals surface area contributed by atoms with Gasteiger partial charge in [-0.2, -0.15) is 0 Å². The summed E-state index contributed by atoms with van der Waals surface area (Å²) in [6.07, 6.45) is 4.22. The van der Waals surface area contributed by atoms with Crippen molar-refractivity contribution in [3.05, 3.63) is 72.6 Å². The number of rotatable bonds is 8. The Morgan fingerprint density at radius 1 is 0.893 bits per heavy atom.